The third kappa shape index (κ3) is 6.08. The smallest absolute Gasteiger partial charge is 0.251 e. The largest absolute Gasteiger partial charge is 0.366 e. The number of carbonyl (C=O) groups is 1. The summed E-state index contributed by atoms with van der Waals surface area (Å²) < 4.78 is 14.4. The highest BCUT2D eigenvalue weighted by Crippen LogP contribution is 2.27. The van der Waals surface area contributed by atoms with Crippen LogP contribution in [0.3, 0.4) is 0 Å². The number of primary amides is 1. The van der Waals surface area contributed by atoms with Crippen LogP contribution in [0.1, 0.15) is 42.7 Å². The Morgan fingerprint density at radius 2 is 2.13 bits per heavy atom. The predicted octanol–water partition coefficient (Wildman–Crippen LogP) is 5.26. The zero-order valence-corrected chi connectivity index (χ0v) is 17.7. The minimum Gasteiger partial charge on any atom is -0.366 e. The van der Waals surface area contributed by atoms with Crippen molar-refractivity contribution >= 4 is 11.5 Å². The standard InChI is InChI=1S/C25H28FN3O/c1-5-8-19-9-7-10-20(14-19)22(24-18(4)15-28-16-29-24)12-11-17(3)13-23(26)21(6-2)25(27)30/h5-7,9-10,12-17H,1,8,11H2,2-4H3,(H2,27,30)/b21-6+,22-12-,23-13+. The zero-order chi connectivity index (χ0) is 22.1. The second kappa shape index (κ2) is 11.0. The first-order valence-corrected chi connectivity index (χ1v) is 9.88. The number of hydrogen-bond acceptors (Lipinski definition) is 3. The summed E-state index contributed by atoms with van der Waals surface area (Å²) in [5, 5.41) is 0. The summed E-state index contributed by atoms with van der Waals surface area (Å²) >= 11 is 0. The Hall–Kier alpha value is -3.34. The molecule has 0 radical (unpaired) electrons. The van der Waals surface area contributed by atoms with E-state index in [4.69, 9.17) is 5.73 Å². The molecule has 1 aromatic heterocycles. The molecule has 0 saturated carbocycles. The first kappa shape index (κ1) is 22.9. The van der Waals surface area contributed by atoms with E-state index in [1.165, 1.54) is 18.5 Å². The van der Waals surface area contributed by atoms with Crippen molar-refractivity contribution in [3.8, 4) is 0 Å². The number of nitrogens with two attached hydrogens (primary N) is 1. The van der Waals surface area contributed by atoms with Crippen molar-refractivity contribution in [1.29, 1.82) is 0 Å². The van der Waals surface area contributed by atoms with Gasteiger partial charge in [0.25, 0.3) is 5.91 Å². The van der Waals surface area contributed by atoms with Crippen molar-refractivity contribution in [2.75, 3.05) is 0 Å². The van der Waals surface area contributed by atoms with Crippen molar-refractivity contribution in [2.24, 2.45) is 11.7 Å². The molecule has 1 amide bonds. The van der Waals surface area contributed by atoms with Crippen LogP contribution in [0.4, 0.5) is 4.39 Å². The van der Waals surface area contributed by atoms with Crippen molar-refractivity contribution in [3.63, 3.8) is 0 Å². The van der Waals surface area contributed by atoms with Crippen molar-refractivity contribution < 1.29 is 9.18 Å². The lowest BCUT2D eigenvalue weighted by molar-refractivity contribution is -0.114. The minimum absolute atomic E-state index is 0.102. The molecule has 5 heteroatoms. The molecule has 30 heavy (non-hydrogen) atoms. The fraction of sp³-hybridized carbons (Fsp3) is 0.240. The summed E-state index contributed by atoms with van der Waals surface area (Å²) in [7, 11) is 0. The molecule has 1 heterocycles. The van der Waals surface area contributed by atoms with E-state index in [1.54, 1.807) is 13.1 Å². The van der Waals surface area contributed by atoms with Gasteiger partial charge in [0.05, 0.1) is 11.3 Å². The van der Waals surface area contributed by atoms with Crippen molar-refractivity contribution in [3.05, 3.63) is 101 Å². The number of rotatable bonds is 9. The van der Waals surface area contributed by atoms with Crippen LogP contribution in [0.2, 0.25) is 0 Å². The molecule has 2 aromatic rings. The number of nitrogens with zero attached hydrogens (tertiary/aromatic N) is 2. The lowest BCUT2D eigenvalue weighted by Gasteiger charge is -2.13. The van der Waals surface area contributed by atoms with Crippen LogP contribution in [-0.2, 0) is 11.2 Å². The highest BCUT2D eigenvalue weighted by Gasteiger charge is 2.13. The number of amides is 1. The number of aryl methyl sites for hydroxylation is 1. The van der Waals surface area contributed by atoms with Crippen LogP contribution in [0.25, 0.3) is 5.57 Å². The van der Waals surface area contributed by atoms with Gasteiger partial charge in [-0.2, -0.15) is 0 Å². The molecule has 1 atom stereocenters. The Balaban J connectivity index is 2.42. The molecule has 0 saturated heterocycles. The highest BCUT2D eigenvalue weighted by molar-refractivity contribution is 5.95. The second-order valence-electron chi connectivity index (χ2n) is 7.16. The molecular weight excluding hydrogens is 377 g/mol. The monoisotopic (exact) mass is 405 g/mol. The fourth-order valence-corrected chi connectivity index (χ4v) is 3.17. The maximum Gasteiger partial charge on any atom is 0.251 e. The summed E-state index contributed by atoms with van der Waals surface area (Å²) in [6, 6.07) is 8.21. The third-order valence-corrected chi connectivity index (χ3v) is 4.70. The Bertz CT molecular complexity index is 1000. The topological polar surface area (TPSA) is 68.9 Å². The van der Waals surface area contributed by atoms with Crippen LogP contribution < -0.4 is 5.73 Å². The minimum atomic E-state index is -0.773. The van der Waals surface area contributed by atoms with Gasteiger partial charge >= 0.3 is 0 Å². The lowest BCUT2D eigenvalue weighted by atomic mass is 9.94. The molecule has 0 aliphatic carbocycles. The molecule has 4 nitrogen and oxygen atoms in total. The van der Waals surface area contributed by atoms with E-state index < -0.39 is 11.7 Å². The van der Waals surface area contributed by atoms with E-state index in [0.29, 0.717) is 6.42 Å². The van der Waals surface area contributed by atoms with Crippen LogP contribution in [0.15, 0.2) is 79.1 Å². The normalized spacial score (nSPS) is 13.8. The predicted molar refractivity (Wildman–Crippen MR) is 120 cm³/mol. The van der Waals surface area contributed by atoms with Gasteiger partial charge in [0.1, 0.15) is 12.2 Å². The number of halogens is 1. The maximum absolute atomic E-state index is 14.4. The van der Waals surface area contributed by atoms with E-state index in [9.17, 15) is 9.18 Å². The quantitative estimate of drug-likeness (QED) is 0.352. The van der Waals surface area contributed by atoms with Gasteiger partial charge < -0.3 is 5.73 Å². The summed E-state index contributed by atoms with van der Waals surface area (Å²) in [5.41, 5.74) is 10.1. The van der Waals surface area contributed by atoms with Crippen LogP contribution in [0.5, 0.6) is 0 Å². The van der Waals surface area contributed by atoms with Gasteiger partial charge in [0.2, 0.25) is 0 Å². The van der Waals surface area contributed by atoms with Gasteiger partial charge in [-0.25, -0.2) is 14.4 Å². The average Bonchev–Trinajstić information content (AvgIpc) is 2.70. The molecule has 1 aromatic carbocycles. The van der Waals surface area contributed by atoms with E-state index in [0.717, 1.165) is 34.4 Å². The van der Waals surface area contributed by atoms with E-state index >= 15 is 0 Å². The molecule has 0 aliphatic rings. The fourth-order valence-electron chi connectivity index (χ4n) is 3.17. The third-order valence-electron chi connectivity index (χ3n) is 4.70. The molecule has 0 spiro atoms. The molecule has 0 bridgehead atoms. The van der Waals surface area contributed by atoms with Gasteiger partial charge in [0, 0.05) is 11.8 Å². The Labute approximate surface area is 177 Å². The summed E-state index contributed by atoms with van der Waals surface area (Å²) in [5.74, 6) is -1.52. The van der Waals surface area contributed by atoms with Crippen LogP contribution in [-0.4, -0.2) is 15.9 Å². The van der Waals surface area contributed by atoms with E-state index in [-0.39, 0.29) is 11.5 Å². The first-order chi connectivity index (χ1) is 14.4. The summed E-state index contributed by atoms with van der Waals surface area (Å²) in [4.78, 5) is 19.9. The number of allylic oxidation sites excluding steroid dienone is 4. The SMILES string of the molecule is C=CCc1cccc(/C(=C/CC(C)/C=C(F)\C(=C/C)C(N)=O)c2ncncc2C)c1. The zero-order valence-electron chi connectivity index (χ0n) is 17.7. The number of carbonyl (C=O) groups excluding carboxylic acids is 1. The second-order valence-corrected chi connectivity index (χ2v) is 7.16. The molecule has 1 unspecified atom stereocenters. The Morgan fingerprint density at radius 1 is 1.37 bits per heavy atom. The van der Waals surface area contributed by atoms with Crippen LogP contribution >= 0.6 is 0 Å². The van der Waals surface area contributed by atoms with Gasteiger partial charge in [-0.3, -0.25) is 4.79 Å². The average molecular weight is 406 g/mol. The number of benzene rings is 1. The van der Waals surface area contributed by atoms with Gasteiger partial charge in [-0.1, -0.05) is 49.4 Å². The highest BCUT2D eigenvalue weighted by atomic mass is 19.1. The van der Waals surface area contributed by atoms with Crippen LogP contribution in [0, 0.1) is 12.8 Å². The number of hydrogen-bond donors (Lipinski definition) is 1. The van der Waals surface area contributed by atoms with Gasteiger partial charge in [0.15, 0.2) is 0 Å². The first-order valence-electron chi connectivity index (χ1n) is 9.88. The molecule has 2 N–H and O–H groups in total. The van der Waals surface area contributed by atoms with E-state index in [1.807, 2.05) is 32.1 Å². The Kier molecular flexibility index (Phi) is 8.41. The van der Waals surface area contributed by atoms with Crippen molar-refractivity contribution in [2.45, 2.75) is 33.6 Å². The molecule has 0 fully saturated rings. The molecule has 156 valence electrons. The van der Waals surface area contributed by atoms with Gasteiger partial charge in [-0.05, 0) is 55.4 Å². The molecule has 0 aliphatic heterocycles. The van der Waals surface area contributed by atoms with E-state index in [2.05, 4.69) is 34.8 Å². The maximum atomic E-state index is 14.4. The summed E-state index contributed by atoms with van der Waals surface area (Å²) in [6.45, 7) is 9.25. The molecular formula is C25H28FN3O. The van der Waals surface area contributed by atoms with Gasteiger partial charge in [-0.15, -0.1) is 6.58 Å². The number of aromatic nitrogens is 2. The lowest BCUT2D eigenvalue weighted by Crippen LogP contribution is -2.14. The molecule has 2 rings (SSSR count). The summed E-state index contributed by atoms with van der Waals surface area (Å²) in [6.07, 6.45) is 11.4. The van der Waals surface area contributed by atoms with Crippen molar-refractivity contribution in [1.82, 2.24) is 9.97 Å². The Morgan fingerprint density at radius 3 is 2.77 bits per heavy atom.